The van der Waals surface area contributed by atoms with E-state index in [1.165, 1.54) is 6.07 Å². The quantitative estimate of drug-likeness (QED) is 0.239. The minimum absolute atomic E-state index is 0. The van der Waals surface area contributed by atoms with E-state index in [9.17, 15) is 9.59 Å². The molecule has 10 heteroatoms. The van der Waals surface area contributed by atoms with Crippen molar-refractivity contribution < 1.29 is 9.59 Å². The van der Waals surface area contributed by atoms with E-state index in [4.69, 9.17) is 34.8 Å². The summed E-state index contributed by atoms with van der Waals surface area (Å²) in [6.45, 7) is 1.83. The van der Waals surface area contributed by atoms with Gasteiger partial charge in [0.15, 0.2) is 0 Å². The lowest BCUT2D eigenvalue weighted by Crippen LogP contribution is -2.16. The second kappa shape index (κ2) is 10.1. The Morgan fingerprint density at radius 1 is 0.943 bits per heavy atom. The summed E-state index contributed by atoms with van der Waals surface area (Å²) < 4.78 is 0. The number of H-pyrrole nitrogens is 1. The summed E-state index contributed by atoms with van der Waals surface area (Å²) in [5.74, 6) is 0.401. The number of aromatic nitrogens is 2. The van der Waals surface area contributed by atoms with Crippen LogP contribution in [0.5, 0.6) is 0 Å². The van der Waals surface area contributed by atoms with Crippen LogP contribution in [0, 0.1) is 6.92 Å². The number of carbonyl (C=O) groups is 2. The van der Waals surface area contributed by atoms with Crippen LogP contribution in [0.2, 0.25) is 15.1 Å². The number of nitrogens with one attached hydrogen (secondary N) is 3. The number of amides is 2. The minimum atomic E-state index is -0.439. The highest BCUT2D eigenvalue weighted by Crippen LogP contribution is 2.40. The maximum Gasteiger partial charge on any atom is 0.258 e. The molecule has 1 saturated carbocycles. The maximum atomic E-state index is 13.3. The number of fused-ring (bicyclic) bond motifs is 1. The fourth-order valence-corrected chi connectivity index (χ4v) is 4.28. The monoisotopic (exact) mass is 548 g/mol. The van der Waals surface area contributed by atoms with Gasteiger partial charge in [0.25, 0.3) is 11.8 Å². The molecule has 35 heavy (non-hydrogen) atoms. The molecule has 3 aromatic carbocycles. The molecular weight excluding hydrogens is 530 g/mol. The van der Waals surface area contributed by atoms with E-state index in [1.807, 2.05) is 6.92 Å². The Balaban J connectivity index is 0.00000289. The second-order valence-corrected chi connectivity index (χ2v) is 9.51. The summed E-state index contributed by atoms with van der Waals surface area (Å²) in [6, 6.07) is 13.3. The Morgan fingerprint density at radius 3 is 2.43 bits per heavy atom. The van der Waals surface area contributed by atoms with Crippen LogP contribution in [0.15, 0.2) is 48.5 Å². The zero-order valence-electron chi connectivity index (χ0n) is 18.4. The fourth-order valence-electron chi connectivity index (χ4n) is 3.73. The molecule has 1 fully saturated rings. The molecule has 1 aromatic heterocycles. The summed E-state index contributed by atoms with van der Waals surface area (Å²) in [7, 11) is 0. The van der Waals surface area contributed by atoms with Gasteiger partial charge in [-0.3, -0.25) is 9.59 Å². The van der Waals surface area contributed by atoms with Gasteiger partial charge >= 0.3 is 0 Å². The number of rotatable bonds is 5. The molecule has 1 heterocycles. The van der Waals surface area contributed by atoms with E-state index in [2.05, 4.69) is 20.6 Å². The zero-order valence-corrected chi connectivity index (χ0v) is 21.5. The average molecular weight is 550 g/mol. The van der Waals surface area contributed by atoms with Crippen LogP contribution < -0.4 is 10.6 Å². The van der Waals surface area contributed by atoms with Crippen molar-refractivity contribution in [3.8, 4) is 0 Å². The van der Waals surface area contributed by atoms with E-state index in [-0.39, 0.29) is 28.9 Å². The molecule has 5 rings (SSSR count). The molecule has 0 saturated heterocycles. The SMILES string of the molecule is Cc1c(Cl)cccc1NC(=O)c1cc(NC(=O)c2cc(Cl)ccc2Cl)cc2[nH]c(C3CC3)nc12.Cl. The van der Waals surface area contributed by atoms with Gasteiger partial charge < -0.3 is 15.6 Å². The van der Waals surface area contributed by atoms with Gasteiger partial charge in [-0.25, -0.2) is 4.98 Å². The van der Waals surface area contributed by atoms with Crippen molar-refractivity contribution in [3.05, 3.63) is 86.1 Å². The van der Waals surface area contributed by atoms with Crippen LogP contribution in [0.3, 0.4) is 0 Å². The van der Waals surface area contributed by atoms with E-state index >= 15 is 0 Å². The van der Waals surface area contributed by atoms with Gasteiger partial charge in [-0.05, 0) is 67.8 Å². The lowest BCUT2D eigenvalue weighted by molar-refractivity contribution is 0.101. The molecule has 0 unspecified atom stereocenters. The Bertz CT molecular complexity index is 1460. The molecule has 2 amide bonds. The molecule has 0 radical (unpaired) electrons. The first-order valence-corrected chi connectivity index (χ1v) is 11.8. The first kappa shape index (κ1) is 25.3. The largest absolute Gasteiger partial charge is 0.342 e. The Kier molecular flexibility index (Phi) is 7.29. The van der Waals surface area contributed by atoms with E-state index in [0.717, 1.165) is 24.2 Å². The summed E-state index contributed by atoms with van der Waals surface area (Å²) in [5, 5.41) is 6.96. The molecule has 0 aliphatic heterocycles. The number of aromatic amines is 1. The standard InChI is InChI=1S/C25H19Cl3N4O2.ClH/c1-12-18(27)3-2-4-20(12)31-25(34)17-10-15(11-21-22(17)32-23(30-21)13-5-6-13)29-24(33)16-9-14(26)7-8-19(16)28;/h2-4,7-11,13H,5-6H2,1H3,(H,29,33)(H,30,32)(H,31,34);1H. The summed E-state index contributed by atoms with van der Waals surface area (Å²) in [6.07, 6.45) is 2.11. The Labute approximate surface area is 222 Å². The van der Waals surface area contributed by atoms with E-state index in [1.54, 1.807) is 42.5 Å². The Hall–Kier alpha value is -2.77. The molecule has 180 valence electrons. The van der Waals surface area contributed by atoms with Crippen molar-refractivity contribution in [2.45, 2.75) is 25.7 Å². The van der Waals surface area contributed by atoms with Gasteiger partial charge in [-0.2, -0.15) is 0 Å². The second-order valence-electron chi connectivity index (χ2n) is 8.26. The third kappa shape index (κ3) is 5.26. The van der Waals surface area contributed by atoms with Crippen molar-refractivity contribution in [1.82, 2.24) is 9.97 Å². The molecule has 1 aliphatic rings. The number of imidazole rings is 1. The fraction of sp³-hybridized carbons (Fsp3) is 0.160. The Morgan fingerprint density at radius 2 is 1.69 bits per heavy atom. The smallest absolute Gasteiger partial charge is 0.258 e. The minimum Gasteiger partial charge on any atom is -0.342 e. The predicted octanol–water partition coefficient (Wildman–Crippen LogP) is 7.64. The molecule has 3 N–H and O–H groups in total. The van der Waals surface area contributed by atoms with Gasteiger partial charge in [-0.15, -0.1) is 12.4 Å². The van der Waals surface area contributed by atoms with Crippen molar-refractivity contribution in [3.63, 3.8) is 0 Å². The van der Waals surface area contributed by atoms with Crippen LogP contribution in [-0.4, -0.2) is 21.8 Å². The summed E-state index contributed by atoms with van der Waals surface area (Å²) in [5.41, 5.74) is 3.54. The number of halogens is 4. The lowest BCUT2D eigenvalue weighted by atomic mass is 10.1. The highest BCUT2D eigenvalue weighted by atomic mass is 35.5. The highest BCUT2D eigenvalue weighted by Gasteiger charge is 2.28. The van der Waals surface area contributed by atoms with Gasteiger partial charge in [0.1, 0.15) is 11.3 Å². The molecule has 1 aliphatic carbocycles. The van der Waals surface area contributed by atoms with E-state index in [0.29, 0.717) is 43.9 Å². The first-order chi connectivity index (χ1) is 16.3. The summed E-state index contributed by atoms with van der Waals surface area (Å²) in [4.78, 5) is 34.2. The van der Waals surface area contributed by atoms with Crippen LogP contribution >= 0.6 is 47.2 Å². The topological polar surface area (TPSA) is 86.9 Å². The van der Waals surface area contributed by atoms with Crippen LogP contribution in [0.25, 0.3) is 11.0 Å². The number of anilines is 2. The van der Waals surface area contributed by atoms with Crippen molar-refractivity contribution >= 4 is 81.4 Å². The number of nitrogens with zero attached hydrogens (tertiary/aromatic N) is 1. The third-order valence-corrected chi connectivity index (χ3v) is 6.73. The number of benzene rings is 3. The van der Waals surface area contributed by atoms with Gasteiger partial charge in [0.05, 0.1) is 21.7 Å². The average Bonchev–Trinajstić information content (AvgIpc) is 3.57. The third-order valence-electron chi connectivity index (χ3n) is 5.76. The number of hydrogen-bond acceptors (Lipinski definition) is 3. The first-order valence-electron chi connectivity index (χ1n) is 10.7. The molecule has 0 atom stereocenters. The zero-order chi connectivity index (χ0) is 24.0. The molecule has 6 nitrogen and oxygen atoms in total. The van der Waals surface area contributed by atoms with Crippen LogP contribution in [0.4, 0.5) is 11.4 Å². The van der Waals surface area contributed by atoms with Crippen molar-refractivity contribution in [2.24, 2.45) is 0 Å². The normalized spacial score (nSPS) is 12.8. The van der Waals surface area contributed by atoms with Crippen molar-refractivity contribution in [2.75, 3.05) is 10.6 Å². The lowest BCUT2D eigenvalue weighted by Gasteiger charge is -2.12. The van der Waals surface area contributed by atoms with Gasteiger partial charge in [0, 0.05) is 27.3 Å². The molecule has 4 aromatic rings. The molecular formula is C25H20Cl4N4O2. The molecule has 0 bridgehead atoms. The van der Waals surface area contributed by atoms with E-state index < -0.39 is 5.91 Å². The van der Waals surface area contributed by atoms with Crippen molar-refractivity contribution in [1.29, 1.82) is 0 Å². The van der Waals surface area contributed by atoms with Gasteiger partial charge in [-0.1, -0.05) is 40.9 Å². The summed E-state index contributed by atoms with van der Waals surface area (Å²) >= 11 is 18.4. The number of hydrogen-bond donors (Lipinski definition) is 3. The number of carbonyl (C=O) groups excluding carboxylic acids is 2. The molecule has 0 spiro atoms. The maximum absolute atomic E-state index is 13.3. The predicted molar refractivity (Wildman–Crippen MR) is 144 cm³/mol. The van der Waals surface area contributed by atoms with Gasteiger partial charge in [0.2, 0.25) is 0 Å². The highest BCUT2D eigenvalue weighted by molar-refractivity contribution is 6.36. The van der Waals surface area contributed by atoms with Crippen LogP contribution in [-0.2, 0) is 0 Å². The van der Waals surface area contributed by atoms with Crippen LogP contribution in [0.1, 0.15) is 50.9 Å².